The van der Waals surface area contributed by atoms with E-state index in [1.165, 1.54) is 7.05 Å². The summed E-state index contributed by atoms with van der Waals surface area (Å²) < 4.78 is 0. The SMILES string of the molecule is C/C(=N/N=C(N)S[C@H]1CC(=O)N(C)C1=O)c1ccc(Cl)cc1. The van der Waals surface area contributed by atoms with Crippen molar-refractivity contribution in [3.05, 3.63) is 34.9 Å². The fourth-order valence-corrected chi connectivity index (χ4v) is 2.85. The zero-order valence-corrected chi connectivity index (χ0v) is 13.7. The summed E-state index contributed by atoms with van der Waals surface area (Å²) in [6, 6.07) is 7.18. The number of rotatable bonds is 3. The first kappa shape index (κ1) is 16.5. The Balaban J connectivity index is 2.03. The van der Waals surface area contributed by atoms with Crippen molar-refractivity contribution < 1.29 is 9.59 Å². The van der Waals surface area contributed by atoms with Crippen molar-refractivity contribution >= 4 is 46.1 Å². The molecule has 0 spiro atoms. The van der Waals surface area contributed by atoms with Crippen LogP contribution in [-0.2, 0) is 9.59 Å². The molecular weight excluding hydrogens is 324 g/mol. The fourth-order valence-electron chi connectivity index (χ4n) is 1.86. The normalized spacial score (nSPS) is 20.0. The molecule has 1 aromatic rings. The van der Waals surface area contributed by atoms with E-state index in [2.05, 4.69) is 10.2 Å². The Bertz CT molecular complexity index is 657. The van der Waals surface area contributed by atoms with Crippen LogP contribution < -0.4 is 5.73 Å². The van der Waals surface area contributed by atoms with Crippen molar-refractivity contribution in [3.63, 3.8) is 0 Å². The molecular formula is C14H15ClN4O2S. The number of imide groups is 1. The van der Waals surface area contributed by atoms with Gasteiger partial charge >= 0.3 is 0 Å². The van der Waals surface area contributed by atoms with E-state index in [1.807, 2.05) is 12.1 Å². The Labute approximate surface area is 137 Å². The Morgan fingerprint density at radius 3 is 2.50 bits per heavy atom. The second kappa shape index (κ2) is 6.93. The third-order valence-corrected chi connectivity index (χ3v) is 4.39. The number of likely N-dealkylation sites (tertiary alicyclic amines) is 1. The predicted molar refractivity (Wildman–Crippen MR) is 89.1 cm³/mol. The average molecular weight is 339 g/mol. The molecule has 0 radical (unpaired) electrons. The molecule has 1 aromatic carbocycles. The van der Waals surface area contributed by atoms with Crippen LogP contribution in [0.3, 0.4) is 0 Å². The minimum absolute atomic E-state index is 0.135. The Hall–Kier alpha value is -1.86. The molecule has 1 fully saturated rings. The summed E-state index contributed by atoms with van der Waals surface area (Å²) >= 11 is 6.87. The lowest BCUT2D eigenvalue weighted by molar-refractivity contribution is -0.136. The number of hydrogen-bond donors (Lipinski definition) is 1. The summed E-state index contributed by atoms with van der Waals surface area (Å²) in [5.41, 5.74) is 7.31. The van der Waals surface area contributed by atoms with Gasteiger partial charge in [0, 0.05) is 18.5 Å². The van der Waals surface area contributed by atoms with Crippen LogP contribution in [0.2, 0.25) is 5.02 Å². The first-order valence-electron chi connectivity index (χ1n) is 6.49. The monoisotopic (exact) mass is 338 g/mol. The molecule has 0 unspecified atom stereocenters. The van der Waals surface area contributed by atoms with Crippen LogP contribution in [0.1, 0.15) is 18.9 Å². The van der Waals surface area contributed by atoms with Crippen molar-refractivity contribution in [3.8, 4) is 0 Å². The number of carbonyl (C=O) groups excluding carboxylic acids is 2. The molecule has 2 rings (SSSR count). The van der Waals surface area contributed by atoms with Crippen LogP contribution >= 0.6 is 23.4 Å². The minimum atomic E-state index is -0.521. The van der Waals surface area contributed by atoms with E-state index in [4.69, 9.17) is 17.3 Å². The van der Waals surface area contributed by atoms with Gasteiger partial charge in [-0.2, -0.15) is 5.10 Å². The molecule has 0 saturated carbocycles. The maximum atomic E-state index is 11.8. The van der Waals surface area contributed by atoms with Crippen molar-refractivity contribution in [2.24, 2.45) is 15.9 Å². The zero-order valence-electron chi connectivity index (χ0n) is 12.1. The number of halogens is 1. The largest absolute Gasteiger partial charge is 0.377 e. The van der Waals surface area contributed by atoms with Gasteiger partial charge in [-0.25, -0.2) is 0 Å². The van der Waals surface area contributed by atoms with Gasteiger partial charge in [-0.1, -0.05) is 35.5 Å². The molecule has 1 atom stereocenters. The Morgan fingerprint density at radius 2 is 1.95 bits per heavy atom. The molecule has 6 nitrogen and oxygen atoms in total. The second-order valence-corrected chi connectivity index (χ2v) is 6.39. The Kier molecular flexibility index (Phi) is 5.20. The third-order valence-electron chi connectivity index (χ3n) is 3.16. The van der Waals surface area contributed by atoms with Crippen LogP contribution in [0, 0.1) is 0 Å². The van der Waals surface area contributed by atoms with Crippen LogP contribution in [0.25, 0.3) is 0 Å². The fraction of sp³-hybridized carbons (Fsp3) is 0.286. The molecule has 2 N–H and O–H groups in total. The predicted octanol–water partition coefficient (Wildman–Crippen LogP) is 1.87. The molecule has 1 saturated heterocycles. The molecule has 22 heavy (non-hydrogen) atoms. The number of carbonyl (C=O) groups is 2. The second-order valence-electron chi connectivity index (χ2n) is 4.73. The smallest absolute Gasteiger partial charge is 0.243 e. The number of nitrogens with two attached hydrogens (primary N) is 1. The van der Waals surface area contributed by atoms with Crippen LogP contribution in [0.15, 0.2) is 34.5 Å². The van der Waals surface area contributed by atoms with Crippen LogP contribution in [-0.4, -0.2) is 39.9 Å². The van der Waals surface area contributed by atoms with E-state index in [-0.39, 0.29) is 23.4 Å². The van der Waals surface area contributed by atoms with E-state index in [0.29, 0.717) is 10.7 Å². The summed E-state index contributed by atoms with van der Waals surface area (Å²) in [7, 11) is 1.46. The van der Waals surface area contributed by atoms with Gasteiger partial charge in [0.05, 0.1) is 5.71 Å². The number of amides is 2. The minimum Gasteiger partial charge on any atom is -0.377 e. The summed E-state index contributed by atoms with van der Waals surface area (Å²) in [5, 5.41) is 8.21. The lowest BCUT2D eigenvalue weighted by Gasteiger charge is -2.07. The first-order valence-corrected chi connectivity index (χ1v) is 7.75. The van der Waals surface area contributed by atoms with E-state index in [9.17, 15) is 9.59 Å². The van der Waals surface area contributed by atoms with Crippen LogP contribution in [0.5, 0.6) is 0 Å². The van der Waals surface area contributed by atoms with E-state index < -0.39 is 5.25 Å². The molecule has 116 valence electrons. The number of nitrogens with zero attached hydrogens (tertiary/aromatic N) is 3. The van der Waals surface area contributed by atoms with Gasteiger partial charge in [0.1, 0.15) is 5.25 Å². The van der Waals surface area contributed by atoms with Gasteiger partial charge in [-0.05, 0) is 24.6 Å². The Morgan fingerprint density at radius 1 is 1.32 bits per heavy atom. The molecule has 8 heteroatoms. The number of thioether (sulfide) groups is 1. The first-order chi connectivity index (χ1) is 10.4. The van der Waals surface area contributed by atoms with Crippen molar-refractivity contribution in [2.75, 3.05) is 7.05 Å². The lowest BCUT2D eigenvalue weighted by Crippen LogP contribution is -2.27. The molecule has 1 aliphatic heterocycles. The lowest BCUT2D eigenvalue weighted by atomic mass is 10.1. The van der Waals surface area contributed by atoms with Gasteiger partial charge < -0.3 is 5.73 Å². The quantitative estimate of drug-likeness (QED) is 0.394. The number of hydrogen-bond acceptors (Lipinski definition) is 5. The summed E-state index contributed by atoms with van der Waals surface area (Å²) in [4.78, 5) is 24.3. The maximum Gasteiger partial charge on any atom is 0.243 e. The standard InChI is InChI=1S/C14H15ClN4O2S/c1-8(9-3-5-10(15)6-4-9)17-18-14(16)22-11-7-12(20)19(2)13(11)21/h3-6,11H,7H2,1-2H3,(H2,16,18)/b17-8-/t11-/m0/s1. The molecule has 0 bridgehead atoms. The maximum absolute atomic E-state index is 11.8. The molecule has 2 amide bonds. The van der Waals surface area contributed by atoms with Crippen molar-refractivity contribution in [1.82, 2.24) is 4.90 Å². The third kappa shape index (κ3) is 3.86. The van der Waals surface area contributed by atoms with Gasteiger partial charge in [0.2, 0.25) is 11.8 Å². The van der Waals surface area contributed by atoms with Gasteiger partial charge in [-0.15, -0.1) is 5.10 Å². The number of benzene rings is 1. The highest BCUT2D eigenvalue weighted by atomic mass is 35.5. The van der Waals surface area contributed by atoms with E-state index >= 15 is 0 Å². The summed E-state index contributed by atoms with van der Waals surface area (Å²) in [6.45, 7) is 1.79. The molecule has 0 aromatic heterocycles. The number of amidine groups is 1. The summed E-state index contributed by atoms with van der Waals surface area (Å²) in [6.07, 6.45) is 0.135. The van der Waals surface area contributed by atoms with Gasteiger partial charge in [0.25, 0.3) is 0 Å². The average Bonchev–Trinajstić information content (AvgIpc) is 2.73. The highest BCUT2D eigenvalue weighted by molar-refractivity contribution is 8.14. The molecule has 0 aliphatic carbocycles. The zero-order chi connectivity index (χ0) is 16.3. The van der Waals surface area contributed by atoms with Gasteiger partial charge in [0.15, 0.2) is 5.17 Å². The van der Waals surface area contributed by atoms with Crippen molar-refractivity contribution in [1.29, 1.82) is 0 Å². The van der Waals surface area contributed by atoms with E-state index in [0.717, 1.165) is 22.2 Å². The topological polar surface area (TPSA) is 88.1 Å². The summed E-state index contributed by atoms with van der Waals surface area (Å²) in [5.74, 6) is -0.470. The van der Waals surface area contributed by atoms with Gasteiger partial charge in [-0.3, -0.25) is 14.5 Å². The molecule has 1 heterocycles. The van der Waals surface area contributed by atoms with Crippen molar-refractivity contribution in [2.45, 2.75) is 18.6 Å². The van der Waals surface area contributed by atoms with E-state index in [1.54, 1.807) is 19.1 Å². The highest BCUT2D eigenvalue weighted by Crippen LogP contribution is 2.24. The highest BCUT2D eigenvalue weighted by Gasteiger charge is 2.37. The van der Waals surface area contributed by atoms with Crippen LogP contribution in [0.4, 0.5) is 0 Å². The molecule has 1 aliphatic rings.